The molecule has 2 N–H and O–H groups in total. The fraction of sp³-hybridized carbons (Fsp3) is 0.526. The molecule has 0 spiro atoms. The maximum atomic E-state index is 12.3. The second kappa shape index (κ2) is 7.56. The number of hydrogen-bond donors (Lipinski definition) is 2. The van der Waals surface area contributed by atoms with Crippen LogP contribution in [0.25, 0.3) is 0 Å². The zero-order valence-electron chi connectivity index (χ0n) is 16.1. The van der Waals surface area contributed by atoms with Crippen LogP contribution >= 0.6 is 0 Å². The van der Waals surface area contributed by atoms with E-state index in [9.17, 15) is 24.6 Å². The van der Waals surface area contributed by atoms with E-state index in [1.165, 1.54) is 0 Å². The molecular weight excluding hydrogens is 352 g/mol. The zero-order chi connectivity index (χ0) is 20.4. The van der Waals surface area contributed by atoms with Crippen LogP contribution in [-0.4, -0.2) is 64.4 Å². The highest BCUT2D eigenvalue weighted by Gasteiger charge is 2.50. The molecule has 2 amide bonds. The van der Waals surface area contributed by atoms with Crippen LogP contribution in [0.5, 0.6) is 0 Å². The molecule has 1 aliphatic rings. The van der Waals surface area contributed by atoms with Gasteiger partial charge in [-0.2, -0.15) is 0 Å². The number of aliphatic carboxylic acids is 2. The Morgan fingerprint density at radius 3 is 2.11 bits per heavy atom. The molecule has 0 atom stereocenters. The molecule has 1 aromatic carbocycles. The molecule has 0 saturated carbocycles. The molecule has 1 aromatic rings. The molecule has 0 aliphatic carbocycles. The topological polar surface area (TPSA) is 107 Å². The second-order valence-electron chi connectivity index (χ2n) is 7.70. The number of amides is 2. The number of urea groups is 1. The van der Waals surface area contributed by atoms with Gasteiger partial charge in [-0.15, -0.1) is 0 Å². The van der Waals surface area contributed by atoms with Crippen LogP contribution in [0.15, 0.2) is 24.3 Å². The van der Waals surface area contributed by atoms with Crippen LogP contribution in [0, 0.1) is 0 Å². The minimum absolute atomic E-state index is 0.101. The first-order valence-corrected chi connectivity index (χ1v) is 8.75. The van der Waals surface area contributed by atoms with Crippen LogP contribution in [0.1, 0.15) is 32.8 Å². The van der Waals surface area contributed by atoms with E-state index in [-0.39, 0.29) is 12.5 Å². The van der Waals surface area contributed by atoms with E-state index in [4.69, 9.17) is 4.74 Å². The average Bonchev–Trinajstić information content (AvgIpc) is 2.56. The van der Waals surface area contributed by atoms with Gasteiger partial charge in [0.15, 0.2) is 0 Å². The van der Waals surface area contributed by atoms with Crippen molar-refractivity contribution in [2.24, 2.45) is 0 Å². The van der Waals surface area contributed by atoms with Crippen molar-refractivity contribution in [3.05, 3.63) is 29.8 Å². The number of carboxylic acids is 2. The summed E-state index contributed by atoms with van der Waals surface area (Å²) in [4.78, 5) is 39.1. The molecule has 0 aromatic heterocycles. The van der Waals surface area contributed by atoms with E-state index in [0.717, 1.165) is 6.42 Å². The predicted octanol–water partition coefficient (Wildman–Crippen LogP) is 2.21. The highest BCUT2D eigenvalue weighted by atomic mass is 16.6. The lowest BCUT2D eigenvalue weighted by Gasteiger charge is -2.34. The summed E-state index contributed by atoms with van der Waals surface area (Å²) in [7, 11) is 1.74. The minimum atomic E-state index is -2.39. The van der Waals surface area contributed by atoms with Crippen molar-refractivity contribution in [1.82, 2.24) is 4.90 Å². The summed E-state index contributed by atoms with van der Waals surface area (Å²) < 4.78 is 5.46. The first kappa shape index (κ1) is 20.7. The number of nitrogens with zero attached hydrogens (tertiary/aromatic N) is 2. The molecule has 0 unspecified atom stereocenters. The van der Waals surface area contributed by atoms with E-state index in [1.54, 1.807) is 61.9 Å². The van der Waals surface area contributed by atoms with Crippen molar-refractivity contribution in [2.45, 2.75) is 44.8 Å². The molecule has 0 bridgehead atoms. The number of carboxylic acid groups (broad SMARTS) is 2. The van der Waals surface area contributed by atoms with Crippen molar-refractivity contribution in [3.8, 4) is 0 Å². The third-order valence-electron chi connectivity index (χ3n) is 4.31. The lowest BCUT2D eigenvalue weighted by atomic mass is 9.93. The molecule has 8 nitrogen and oxygen atoms in total. The standard InChI is InChI=1S/C19H26N2O6/c1-18(2,3)27-19(15(22)23,16(24)25)12-13-6-8-14(9-7-13)21-11-5-10-20(4)17(21)26/h6-9H,5,10-12H2,1-4H3,(H,22,23)(H,24,25). The summed E-state index contributed by atoms with van der Waals surface area (Å²) in [5, 5.41) is 19.2. The summed E-state index contributed by atoms with van der Waals surface area (Å²) in [5.74, 6) is -3.11. The maximum absolute atomic E-state index is 12.3. The van der Waals surface area contributed by atoms with Crippen LogP contribution < -0.4 is 4.90 Å². The lowest BCUT2D eigenvalue weighted by Crippen LogP contribution is -2.54. The van der Waals surface area contributed by atoms with Gasteiger partial charge in [0.25, 0.3) is 5.60 Å². The minimum Gasteiger partial charge on any atom is -0.479 e. The molecule has 1 aliphatic heterocycles. The Balaban J connectivity index is 2.28. The van der Waals surface area contributed by atoms with Crippen molar-refractivity contribution in [1.29, 1.82) is 0 Å². The molecule has 0 radical (unpaired) electrons. The van der Waals surface area contributed by atoms with Crippen LogP contribution in [0.4, 0.5) is 10.5 Å². The van der Waals surface area contributed by atoms with Gasteiger partial charge in [0.05, 0.1) is 5.60 Å². The van der Waals surface area contributed by atoms with E-state index in [0.29, 0.717) is 24.3 Å². The molecule has 1 heterocycles. The number of rotatable bonds is 6. The smallest absolute Gasteiger partial charge is 0.348 e. The highest BCUT2D eigenvalue weighted by molar-refractivity contribution is 6.02. The molecule has 2 rings (SSSR count). The van der Waals surface area contributed by atoms with Gasteiger partial charge in [-0.05, 0) is 44.9 Å². The van der Waals surface area contributed by atoms with E-state index < -0.39 is 23.1 Å². The van der Waals surface area contributed by atoms with E-state index in [2.05, 4.69) is 0 Å². The molecule has 1 fully saturated rings. The van der Waals surface area contributed by atoms with Gasteiger partial charge in [-0.1, -0.05) is 12.1 Å². The van der Waals surface area contributed by atoms with Crippen molar-refractivity contribution in [3.63, 3.8) is 0 Å². The fourth-order valence-corrected chi connectivity index (χ4v) is 3.07. The first-order chi connectivity index (χ1) is 12.5. The first-order valence-electron chi connectivity index (χ1n) is 8.75. The van der Waals surface area contributed by atoms with Crippen molar-refractivity contribution >= 4 is 23.7 Å². The van der Waals surface area contributed by atoms with Gasteiger partial charge < -0.3 is 19.8 Å². The van der Waals surface area contributed by atoms with Gasteiger partial charge in [0.2, 0.25) is 0 Å². The van der Waals surface area contributed by atoms with E-state index in [1.807, 2.05) is 0 Å². The van der Waals surface area contributed by atoms with Gasteiger partial charge in [-0.25, -0.2) is 14.4 Å². The summed E-state index contributed by atoms with van der Waals surface area (Å²) in [6.45, 7) is 6.13. The number of hydrogen-bond acceptors (Lipinski definition) is 4. The van der Waals surface area contributed by atoms with Crippen LogP contribution in [0.3, 0.4) is 0 Å². The third-order valence-corrected chi connectivity index (χ3v) is 4.31. The number of anilines is 1. The molecular formula is C19H26N2O6. The summed E-state index contributed by atoms with van der Waals surface area (Å²) in [6.07, 6.45) is 0.521. The molecule has 148 valence electrons. The average molecular weight is 378 g/mol. The van der Waals surface area contributed by atoms with Crippen molar-refractivity contribution < 1.29 is 29.3 Å². The Labute approximate surface area is 158 Å². The Hall–Kier alpha value is -2.61. The van der Waals surface area contributed by atoms with Crippen molar-refractivity contribution in [2.75, 3.05) is 25.0 Å². The lowest BCUT2D eigenvalue weighted by molar-refractivity contribution is -0.199. The molecule has 27 heavy (non-hydrogen) atoms. The predicted molar refractivity (Wildman–Crippen MR) is 99.0 cm³/mol. The van der Waals surface area contributed by atoms with Crippen LogP contribution in [0.2, 0.25) is 0 Å². The Kier molecular flexibility index (Phi) is 5.79. The quantitative estimate of drug-likeness (QED) is 0.735. The van der Waals surface area contributed by atoms with E-state index >= 15 is 0 Å². The van der Waals surface area contributed by atoms with Gasteiger partial charge in [0.1, 0.15) is 0 Å². The van der Waals surface area contributed by atoms with Gasteiger partial charge in [0, 0.05) is 32.2 Å². The summed E-state index contributed by atoms with van der Waals surface area (Å²) >= 11 is 0. The summed E-state index contributed by atoms with van der Waals surface area (Å²) in [6, 6.07) is 6.54. The Bertz CT molecular complexity index is 709. The number of carbonyl (C=O) groups excluding carboxylic acids is 1. The molecule has 8 heteroatoms. The Morgan fingerprint density at radius 1 is 1.07 bits per heavy atom. The van der Waals surface area contributed by atoms with Gasteiger partial charge in [-0.3, -0.25) is 4.90 Å². The third kappa shape index (κ3) is 4.57. The van der Waals surface area contributed by atoms with Crippen LogP contribution in [-0.2, 0) is 20.7 Å². The molecule has 1 saturated heterocycles. The van der Waals surface area contributed by atoms with Gasteiger partial charge >= 0.3 is 18.0 Å². The zero-order valence-corrected chi connectivity index (χ0v) is 16.1. The summed E-state index contributed by atoms with van der Waals surface area (Å²) in [5.41, 5.74) is -2.17. The monoisotopic (exact) mass is 378 g/mol. The number of benzene rings is 1. The second-order valence-corrected chi connectivity index (χ2v) is 7.70. The normalized spacial score (nSPS) is 15.8. The highest BCUT2D eigenvalue weighted by Crippen LogP contribution is 2.27. The Morgan fingerprint density at radius 2 is 1.63 bits per heavy atom. The number of ether oxygens (including phenoxy) is 1. The number of carbonyl (C=O) groups is 3. The SMILES string of the molecule is CN1CCCN(c2ccc(CC(OC(C)(C)C)(C(=O)O)C(=O)O)cc2)C1=O. The fourth-order valence-electron chi connectivity index (χ4n) is 3.07. The largest absolute Gasteiger partial charge is 0.479 e. The maximum Gasteiger partial charge on any atom is 0.348 e.